The van der Waals surface area contributed by atoms with Crippen molar-refractivity contribution < 1.29 is 13.5 Å². The van der Waals surface area contributed by atoms with Crippen molar-refractivity contribution in [2.45, 2.75) is 25.0 Å². The van der Waals surface area contributed by atoms with E-state index in [-0.39, 0.29) is 11.6 Å². The van der Waals surface area contributed by atoms with Crippen LogP contribution in [-0.2, 0) is 16.9 Å². The molecule has 1 aliphatic rings. The summed E-state index contributed by atoms with van der Waals surface area (Å²) in [5.74, 6) is 0.453. The highest BCUT2D eigenvalue weighted by Crippen LogP contribution is 2.46. The van der Waals surface area contributed by atoms with E-state index in [9.17, 15) is 8.78 Å². The van der Waals surface area contributed by atoms with Crippen LogP contribution in [0.25, 0.3) is 22.8 Å². The Labute approximate surface area is 197 Å². The highest BCUT2D eigenvalue weighted by Gasteiger charge is 2.41. The number of nitrogens with zero attached hydrogens (tertiary/aromatic N) is 3. The van der Waals surface area contributed by atoms with Crippen LogP contribution in [0.3, 0.4) is 0 Å². The van der Waals surface area contributed by atoms with Gasteiger partial charge in [-0.2, -0.15) is 5.10 Å². The van der Waals surface area contributed by atoms with Crippen molar-refractivity contribution in [1.29, 1.82) is 0 Å². The lowest BCUT2D eigenvalue weighted by atomic mass is 9.81. The Bertz CT molecular complexity index is 1300. The summed E-state index contributed by atoms with van der Waals surface area (Å²) in [4.78, 5) is 6.72. The van der Waals surface area contributed by atoms with E-state index in [0.29, 0.717) is 23.8 Å². The Morgan fingerprint density at radius 3 is 2.56 bits per heavy atom. The predicted octanol–water partition coefficient (Wildman–Crippen LogP) is 5.53. The lowest BCUT2D eigenvalue weighted by molar-refractivity contribution is -0.0140. The molecule has 0 amide bonds. The summed E-state index contributed by atoms with van der Waals surface area (Å²) in [5.41, 5.74) is 3.98. The van der Waals surface area contributed by atoms with Crippen LogP contribution in [0.1, 0.15) is 29.5 Å². The average Bonchev–Trinajstić information content (AvgIpc) is 3.45. The molecule has 0 radical (unpaired) electrons. The van der Waals surface area contributed by atoms with Gasteiger partial charge >= 0.3 is 0 Å². The lowest BCUT2D eigenvalue weighted by Gasteiger charge is -2.31. The standard InChI is InChI=1S/C27H26F2N4O/c1-33(2)14-4-13-27(21-8-10-22(28)11-9-21)24-12-7-19(15-20(24)17-34-27)26-30-25(31-32-26)18-5-3-6-23(29)16-18/h3,5-12,15-16H,4,13-14,17H2,1-2H3,(H,30,31,32)/t27-/m0/s1. The fourth-order valence-electron chi connectivity index (χ4n) is 4.63. The second-order valence-electron chi connectivity index (χ2n) is 8.92. The Kier molecular flexibility index (Phi) is 5.98. The van der Waals surface area contributed by atoms with Gasteiger partial charge in [-0.15, -0.1) is 0 Å². The Balaban J connectivity index is 1.48. The molecule has 3 aromatic carbocycles. The molecule has 0 bridgehead atoms. The molecule has 0 unspecified atom stereocenters. The fourth-order valence-corrected chi connectivity index (χ4v) is 4.63. The molecule has 2 heterocycles. The van der Waals surface area contributed by atoms with E-state index in [4.69, 9.17) is 4.74 Å². The monoisotopic (exact) mass is 460 g/mol. The number of ether oxygens (including phenoxy) is 1. The van der Waals surface area contributed by atoms with Crippen LogP contribution < -0.4 is 0 Å². The Morgan fingerprint density at radius 2 is 1.79 bits per heavy atom. The van der Waals surface area contributed by atoms with Gasteiger partial charge in [0.2, 0.25) is 0 Å². The zero-order valence-corrected chi connectivity index (χ0v) is 19.2. The molecule has 5 nitrogen and oxygen atoms in total. The van der Waals surface area contributed by atoms with Crippen LogP contribution in [0, 0.1) is 11.6 Å². The number of aromatic nitrogens is 3. The minimum atomic E-state index is -0.619. The van der Waals surface area contributed by atoms with E-state index >= 15 is 0 Å². The molecular weight excluding hydrogens is 434 g/mol. The van der Waals surface area contributed by atoms with Gasteiger partial charge in [0.05, 0.1) is 6.61 Å². The van der Waals surface area contributed by atoms with E-state index in [0.717, 1.165) is 41.6 Å². The number of nitrogens with one attached hydrogen (secondary N) is 1. The molecule has 0 aliphatic carbocycles. The molecule has 0 saturated heterocycles. The SMILES string of the molecule is CN(C)CCC[C@@]1(c2ccc(F)cc2)OCc2cc(-c3nc(-c4cccc(F)c4)n[nH]3)ccc21. The van der Waals surface area contributed by atoms with Gasteiger partial charge < -0.3 is 9.64 Å². The van der Waals surface area contributed by atoms with Crippen molar-refractivity contribution in [3.8, 4) is 22.8 Å². The number of benzene rings is 3. The van der Waals surface area contributed by atoms with Gasteiger partial charge in [-0.05, 0) is 80.5 Å². The first kappa shape index (κ1) is 22.4. The first-order valence-electron chi connectivity index (χ1n) is 11.3. The normalized spacial score (nSPS) is 17.3. The highest BCUT2D eigenvalue weighted by molar-refractivity contribution is 5.63. The van der Waals surface area contributed by atoms with Crippen molar-refractivity contribution >= 4 is 0 Å². The van der Waals surface area contributed by atoms with Gasteiger partial charge in [-0.1, -0.05) is 36.4 Å². The molecular formula is C27H26F2N4O. The van der Waals surface area contributed by atoms with Crippen molar-refractivity contribution in [3.63, 3.8) is 0 Å². The maximum Gasteiger partial charge on any atom is 0.181 e. The summed E-state index contributed by atoms with van der Waals surface area (Å²) in [6.45, 7) is 1.38. The van der Waals surface area contributed by atoms with Crippen molar-refractivity contribution in [3.05, 3.63) is 95.1 Å². The highest BCUT2D eigenvalue weighted by atomic mass is 19.1. The van der Waals surface area contributed by atoms with Gasteiger partial charge in [0.15, 0.2) is 11.6 Å². The number of aromatic amines is 1. The van der Waals surface area contributed by atoms with Gasteiger partial charge in [0.25, 0.3) is 0 Å². The Hall–Kier alpha value is -3.42. The quantitative estimate of drug-likeness (QED) is 0.394. The molecule has 174 valence electrons. The van der Waals surface area contributed by atoms with Gasteiger partial charge in [-0.25, -0.2) is 13.8 Å². The van der Waals surface area contributed by atoms with E-state index in [2.05, 4.69) is 46.3 Å². The molecule has 0 fully saturated rings. The Morgan fingerprint density at radius 1 is 0.971 bits per heavy atom. The summed E-state index contributed by atoms with van der Waals surface area (Å²) < 4.78 is 33.7. The average molecular weight is 461 g/mol. The molecule has 1 aliphatic heterocycles. The summed E-state index contributed by atoms with van der Waals surface area (Å²) in [7, 11) is 4.10. The third-order valence-corrected chi connectivity index (χ3v) is 6.30. The second-order valence-corrected chi connectivity index (χ2v) is 8.92. The van der Waals surface area contributed by atoms with Crippen LogP contribution in [-0.4, -0.2) is 40.7 Å². The molecule has 1 N–H and O–H groups in total. The van der Waals surface area contributed by atoms with Crippen LogP contribution >= 0.6 is 0 Å². The minimum Gasteiger partial charge on any atom is -0.361 e. The largest absolute Gasteiger partial charge is 0.361 e. The van der Waals surface area contributed by atoms with E-state index < -0.39 is 5.60 Å². The summed E-state index contributed by atoms with van der Waals surface area (Å²) >= 11 is 0. The first-order chi connectivity index (χ1) is 16.4. The second kappa shape index (κ2) is 9.08. The lowest BCUT2D eigenvalue weighted by Crippen LogP contribution is -2.28. The molecule has 1 atom stereocenters. The number of H-pyrrole nitrogens is 1. The summed E-state index contributed by atoms with van der Waals surface area (Å²) in [6, 6.07) is 18.9. The van der Waals surface area contributed by atoms with E-state index in [1.54, 1.807) is 12.1 Å². The summed E-state index contributed by atoms with van der Waals surface area (Å²) in [5, 5.41) is 7.23. The molecule has 34 heavy (non-hydrogen) atoms. The van der Waals surface area contributed by atoms with Crippen molar-refractivity contribution in [1.82, 2.24) is 20.1 Å². The van der Waals surface area contributed by atoms with Crippen LogP contribution in [0.4, 0.5) is 8.78 Å². The van der Waals surface area contributed by atoms with Gasteiger partial charge in [0.1, 0.15) is 17.2 Å². The molecule has 4 aromatic rings. The minimum absolute atomic E-state index is 0.264. The molecule has 0 spiro atoms. The number of halogens is 2. The first-order valence-corrected chi connectivity index (χ1v) is 11.3. The fraction of sp³-hybridized carbons (Fsp3) is 0.259. The molecule has 0 saturated carbocycles. The van der Waals surface area contributed by atoms with E-state index in [1.165, 1.54) is 24.3 Å². The van der Waals surface area contributed by atoms with Crippen LogP contribution in [0.5, 0.6) is 0 Å². The third kappa shape index (κ3) is 4.24. The van der Waals surface area contributed by atoms with Crippen LogP contribution in [0.2, 0.25) is 0 Å². The molecule has 1 aromatic heterocycles. The number of hydrogen-bond donors (Lipinski definition) is 1. The molecule has 5 rings (SSSR count). The van der Waals surface area contributed by atoms with E-state index in [1.807, 2.05) is 18.2 Å². The third-order valence-electron chi connectivity index (χ3n) is 6.30. The van der Waals surface area contributed by atoms with Crippen molar-refractivity contribution in [2.75, 3.05) is 20.6 Å². The number of rotatable bonds is 7. The zero-order chi connectivity index (χ0) is 23.7. The van der Waals surface area contributed by atoms with Crippen LogP contribution in [0.15, 0.2) is 66.7 Å². The summed E-state index contributed by atoms with van der Waals surface area (Å²) in [6.07, 6.45) is 1.72. The zero-order valence-electron chi connectivity index (χ0n) is 19.2. The number of fused-ring (bicyclic) bond motifs is 1. The topological polar surface area (TPSA) is 54.0 Å². The van der Waals surface area contributed by atoms with Crippen molar-refractivity contribution in [2.24, 2.45) is 0 Å². The van der Waals surface area contributed by atoms with Gasteiger partial charge in [0, 0.05) is 11.1 Å². The molecule has 7 heteroatoms. The predicted molar refractivity (Wildman–Crippen MR) is 127 cm³/mol. The maximum absolute atomic E-state index is 13.7. The smallest absolute Gasteiger partial charge is 0.181 e. The maximum atomic E-state index is 13.7. The number of hydrogen-bond acceptors (Lipinski definition) is 4. The van der Waals surface area contributed by atoms with Gasteiger partial charge in [-0.3, -0.25) is 5.10 Å².